The number of hydrogen-bond acceptors (Lipinski definition) is 8. The molecule has 2 amide bonds. The van der Waals surface area contributed by atoms with Gasteiger partial charge >= 0.3 is 5.97 Å². The van der Waals surface area contributed by atoms with Gasteiger partial charge in [0.1, 0.15) is 5.56 Å². The first-order valence-electron chi connectivity index (χ1n) is 8.45. The lowest BCUT2D eigenvalue weighted by Crippen LogP contribution is -2.43. The third kappa shape index (κ3) is 4.63. The van der Waals surface area contributed by atoms with E-state index < -0.39 is 40.9 Å². The number of nitro groups is 1. The molecule has 2 aromatic rings. The second-order valence-corrected chi connectivity index (χ2v) is 7.08. The molecule has 10 nitrogen and oxygen atoms in total. The summed E-state index contributed by atoms with van der Waals surface area (Å²) in [7, 11) is 0. The number of benzene rings is 1. The predicted molar refractivity (Wildman–Crippen MR) is 100.0 cm³/mol. The molecule has 150 valence electrons. The maximum Gasteiger partial charge on any atom is 0.311 e. The summed E-state index contributed by atoms with van der Waals surface area (Å²) in [5.74, 6) is -3.31. The van der Waals surface area contributed by atoms with Gasteiger partial charge in [-0.2, -0.15) is 0 Å². The van der Waals surface area contributed by atoms with E-state index in [9.17, 15) is 29.3 Å². The van der Waals surface area contributed by atoms with Gasteiger partial charge in [-0.3, -0.25) is 39.7 Å². The number of nitrogens with one attached hydrogen (secondary N) is 1. The molecular weight excluding hydrogens is 402 g/mol. The van der Waals surface area contributed by atoms with Gasteiger partial charge in [-0.05, 0) is 17.5 Å². The lowest BCUT2D eigenvalue weighted by molar-refractivity contribution is -0.385. The lowest BCUT2D eigenvalue weighted by Gasteiger charge is -2.17. The van der Waals surface area contributed by atoms with E-state index in [0.717, 1.165) is 5.01 Å². The fourth-order valence-corrected chi connectivity index (χ4v) is 3.40. The number of esters is 1. The summed E-state index contributed by atoms with van der Waals surface area (Å²) in [6.45, 7) is -0.593. The van der Waals surface area contributed by atoms with E-state index in [0.29, 0.717) is 4.88 Å². The number of carbonyl (C=O) groups is 4. The monoisotopic (exact) mass is 417 g/mol. The van der Waals surface area contributed by atoms with Crippen molar-refractivity contribution in [2.75, 3.05) is 13.2 Å². The summed E-state index contributed by atoms with van der Waals surface area (Å²) in [5.41, 5.74) is 1.67. The van der Waals surface area contributed by atoms with E-state index in [1.165, 1.54) is 35.6 Å². The van der Waals surface area contributed by atoms with E-state index >= 15 is 0 Å². The highest BCUT2D eigenvalue weighted by molar-refractivity contribution is 7.12. The molecule has 1 aliphatic heterocycles. The molecule has 1 fully saturated rings. The zero-order valence-corrected chi connectivity index (χ0v) is 15.7. The standard InChI is InChI=1S/C18H15N3O7S/c22-14(15-6-3-7-29-15)10-28-18(25)11-8-16(23)20(9-11)19-17(24)12-4-1-2-5-13(12)21(26)27/h1-7,11H,8-10H2,(H,19,24)/t11-/m0/s1. The predicted octanol–water partition coefficient (Wildman–Crippen LogP) is 1.58. The minimum Gasteiger partial charge on any atom is -0.457 e. The molecule has 3 rings (SSSR count). The van der Waals surface area contributed by atoms with Crippen molar-refractivity contribution in [1.29, 1.82) is 0 Å². The zero-order valence-electron chi connectivity index (χ0n) is 14.9. The number of thiophene rings is 1. The largest absolute Gasteiger partial charge is 0.457 e. The van der Waals surface area contributed by atoms with E-state index in [2.05, 4.69) is 5.43 Å². The van der Waals surface area contributed by atoms with Crippen LogP contribution in [0.25, 0.3) is 0 Å². The second-order valence-electron chi connectivity index (χ2n) is 6.13. The first-order chi connectivity index (χ1) is 13.9. The van der Waals surface area contributed by atoms with Gasteiger partial charge in [-0.15, -0.1) is 11.3 Å². The first-order valence-corrected chi connectivity index (χ1v) is 9.33. The van der Waals surface area contributed by atoms with Gasteiger partial charge in [0.15, 0.2) is 6.61 Å². The molecule has 11 heteroatoms. The maximum absolute atomic E-state index is 12.3. The maximum atomic E-state index is 12.3. The Balaban J connectivity index is 1.57. The number of hydrazine groups is 1. The number of amides is 2. The fraction of sp³-hybridized carbons (Fsp3) is 0.222. The SMILES string of the molecule is O=C(COC(=O)[C@H]1CC(=O)N(NC(=O)c2ccccc2[N+](=O)[O-])C1)c1cccs1. The topological polar surface area (TPSA) is 136 Å². The zero-order chi connectivity index (χ0) is 21.0. The summed E-state index contributed by atoms with van der Waals surface area (Å²) >= 11 is 1.22. The van der Waals surface area contributed by atoms with Gasteiger partial charge in [-0.25, -0.2) is 0 Å². The Morgan fingerprint density at radius 2 is 2.00 bits per heavy atom. The number of rotatable bonds is 7. The minimum absolute atomic E-state index is 0.156. The number of ether oxygens (including phenoxy) is 1. The number of hydrogen-bond donors (Lipinski definition) is 1. The molecule has 1 saturated heterocycles. The summed E-state index contributed by atoms with van der Waals surface area (Å²) in [5, 5.41) is 13.7. The van der Waals surface area contributed by atoms with Crippen molar-refractivity contribution in [3.63, 3.8) is 0 Å². The van der Waals surface area contributed by atoms with Crippen molar-refractivity contribution >= 4 is 40.6 Å². The van der Waals surface area contributed by atoms with Gasteiger partial charge in [0, 0.05) is 12.5 Å². The molecule has 1 atom stereocenters. The van der Waals surface area contributed by atoms with Crippen LogP contribution in [0.3, 0.4) is 0 Å². The Bertz CT molecular complexity index is 974. The summed E-state index contributed by atoms with van der Waals surface area (Å²) in [6.07, 6.45) is -0.205. The van der Waals surface area contributed by atoms with E-state index in [-0.39, 0.29) is 24.3 Å². The quantitative estimate of drug-likeness (QED) is 0.313. The Kier molecular flexibility index (Phi) is 5.98. The molecule has 0 spiro atoms. The number of nitro benzene ring substituents is 1. The van der Waals surface area contributed by atoms with Crippen LogP contribution in [0.15, 0.2) is 41.8 Å². The third-order valence-electron chi connectivity index (χ3n) is 4.18. The van der Waals surface area contributed by atoms with Crippen LogP contribution in [0.2, 0.25) is 0 Å². The van der Waals surface area contributed by atoms with Gasteiger partial charge in [0.2, 0.25) is 11.7 Å². The minimum atomic E-state index is -0.857. The van der Waals surface area contributed by atoms with E-state index in [1.807, 2.05) is 0 Å². The third-order valence-corrected chi connectivity index (χ3v) is 5.09. The van der Waals surface area contributed by atoms with Crippen LogP contribution in [-0.4, -0.2) is 46.7 Å². The van der Waals surface area contributed by atoms with Crippen molar-refractivity contribution in [2.24, 2.45) is 5.92 Å². The highest BCUT2D eigenvalue weighted by Crippen LogP contribution is 2.21. The van der Waals surface area contributed by atoms with Crippen LogP contribution in [0.4, 0.5) is 5.69 Å². The molecule has 0 bridgehead atoms. The lowest BCUT2D eigenvalue weighted by atomic mass is 10.1. The molecule has 29 heavy (non-hydrogen) atoms. The highest BCUT2D eigenvalue weighted by Gasteiger charge is 2.37. The molecule has 0 unspecified atom stereocenters. The number of nitrogens with zero attached hydrogens (tertiary/aromatic N) is 2. The van der Waals surface area contributed by atoms with Crippen LogP contribution >= 0.6 is 11.3 Å². The summed E-state index contributed by atoms with van der Waals surface area (Å²) in [6, 6.07) is 8.62. The molecule has 1 aromatic heterocycles. The number of ketones is 1. The Morgan fingerprint density at radius 3 is 2.69 bits per heavy atom. The summed E-state index contributed by atoms with van der Waals surface area (Å²) in [4.78, 5) is 59.3. The Labute approximate surface area is 168 Å². The van der Waals surface area contributed by atoms with Gasteiger partial charge in [0.25, 0.3) is 11.6 Å². The van der Waals surface area contributed by atoms with Crippen molar-refractivity contribution in [3.8, 4) is 0 Å². The van der Waals surface area contributed by atoms with Crippen molar-refractivity contribution in [3.05, 3.63) is 62.3 Å². The molecule has 0 saturated carbocycles. The van der Waals surface area contributed by atoms with Crippen LogP contribution in [0.5, 0.6) is 0 Å². The van der Waals surface area contributed by atoms with Crippen molar-refractivity contribution in [2.45, 2.75) is 6.42 Å². The molecule has 1 N–H and O–H groups in total. The Morgan fingerprint density at radius 1 is 1.24 bits per heavy atom. The molecule has 1 aliphatic rings. The molecule has 0 radical (unpaired) electrons. The van der Waals surface area contributed by atoms with Crippen LogP contribution < -0.4 is 5.43 Å². The summed E-state index contributed by atoms with van der Waals surface area (Å²) < 4.78 is 4.99. The van der Waals surface area contributed by atoms with Crippen molar-refractivity contribution in [1.82, 2.24) is 10.4 Å². The van der Waals surface area contributed by atoms with Crippen molar-refractivity contribution < 1.29 is 28.8 Å². The Hall–Kier alpha value is -3.60. The molecule has 2 heterocycles. The number of Topliss-reactive ketones (excluding diaryl/α,β-unsaturated/α-hetero) is 1. The molecular formula is C18H15N3O7S. The van der Waals surface area contributed by atoms with E-state index in [1.54, 1.807) is 17.5 Å². The second kappa shape index (κ2) is 8.61. The number of carbonyl (C=O) groups excluding carboxylic acids is 4. The smallest absolute Gasteiger partial charge is 0.311 e. The fourth-order valence-electron chi connectivity index (χ4n) is 2.74. The normalized spacial score (nSPS) is 15.8. The average molecular weight is 417 g/mol. The van der Waals surface area contributed by atoms with Crippen LogP contribution in [-0.2, 0) is 14.3 Å². The van der Waals surface area contributed by atoms with Gasteiger partial charge in [-0.1, -0.05) is 18.2 Å². The molecule has 1 aromatic carbocycles. The highest BCUT2D eigenvalue weighted by atomic mass is 32.1. The molecule has 0 aliphatic carbocycles. The van der Waals surface area contributed by atoms with Crippen LogP contribution in [0, 0.1) is 16.0 Å². The van der Waals surface area contributed by atoms with Gasteiger partial charge < -0.3 is 4.74 Å². The van der Waals surface area contributed by atoms with Gasteiger partial charge in [0.05, 0.1) is 22.3 Å². The first kappa shape index (κ1) is 20.1. The number of para-hydroxylation sites is 1. The van der Waals surface area contributed by atoms with E-state index in [4.69, 9.17) is 4.74 Å². The average Bonchev–Trinajstić information content (AvgIpc) is 3.36. The van der Waals surface area contributed by atoms with Crippen LogP contribution in [0.1, 0.15) is 26.5 Å².